The van der Waals surface area contributed by atoms with Crippen LogP contribution in [0.1, 0.15) is 26.3 Å². The van der Waals surface area contributed by atoms with Crippen molar-refractivity contribution in [3.63, 3.8) is 0 Å². The van der Waals surface area contributed by atoms with Gasteiger partial charge in [0.1, 0.15) is 0 Å². The first-order valence-electron chi connectivity index (χ1n) is 8.33. The Morgan fingerprint density at radius 1 is 1.12 bits per heavy atom. The Morgan fingerprint density at radius 2 is 1.71 bits per heavy atom. The third-order valence-electron chi connectivity index (χ3n) is 4.00. The largest absolute Gasteiger partial charge is 0.340 e. The van der Waals surface area contributed by atoms with Gasteiger partial charge in [0.05, 0.1) is 12.2 Å². The molecule has 0 aromatic heterocycles. The summed E-state index contributed by atoms with van der Waals surface area (Å²) >= 11 is 1.80. The van der Waals surface area contributed by atoms with E-state index < -0.39 is 10.0 Å². The summed E-state index contributed by atoms with van der Waals surface area (Å²) in [5.41, 5.74) is 0.997. The van der Waals surface area contributed by atoms with Crippen LogP contribution in [0.25, 0.3) is 0 Å². The zero-order valence-corrected chi connectivity index (χ0v) is 16.2. The maximum atomic E-state index is 12.4. The molecule has 0 atom stereocenters. The first-order valence-corrected chi connectivity index (χ1v) is 10.8. The van der Waals surface area contributed by atoms with E-state index in [4.69, 9.17) is 0 Å². The van der Waals surface area contributed by atoms with Crippen LogP contribution in [0.4, 0.5) is 0 Å². The van der Waals surface area contributed by atoms with Crippen LogP contribution in [0, 0.1) is 0 Å². The lowest BCUT2D eigenvalue weighted by Gasteiger charge is -2.33. The summed E-state index contributed by atoms with van der Waals surface area (Å²) in [4.78, 5) is 15.4. The first kappa shape index (κ1) is 19.3. The SMILES string of the molecule is CCS(=O)(=O)N1CCN(C(=O)Cc2ccc(SC(C)C)cc2)CC1. The van der Waals surface area contributed by atoms with Crippen molar-refractivity contribution in [2.24, 2.45) is 0 Å². The van der Waals surface area contributed by atoms with Crippen LogP contribution in [0.2, 0.25) is 0 Å². The molecule has 1 aromatic rings. The molecule has 1 saturated heterocycles. The maximum Gasteiger partial charge on any atom is 0.227 e. The average molecular weight is 371 g/mol. The lowest BCUT2D eigenvalue weighted by molar-refractivity contribution is -0.131. The Kier molecular flexibility index (Phi) is 6.71. The first-order chi connectivity index (χ1) is 11.3. The fourth-order valence-corrected chi connectivity index (χ4v) is 4.57. The van der Waals surface area contributed by atoms with Gasteiger partial charge in [-0.15, -0.1) is 11.8 Å². The van der Waals surface area contributed by atoms with Crippen LogP contribution >= 0.6 is 11.8 Å². The molecule has 0 spiro atoms. The van der Waals surface area contributed by atoms with Gasteiger partial charge in [0.25, 0.3) is 0 Å². The highest BCUT2D eigenvalue weighted by Gasteiger charge is 2.27. The van der Waals surface area contributed by atoms with E-state index in [1.807, 2.05) is 12.1 Å². The second-order valence-electron chi connectivity index (χ2n) is 6.17. The molecule has 0 bridgehead atoms. The van der Waals surface area contributed by atoms with Crippen molar-refractivity contribution < 1.29 is 13.2 Å². The number of piperazine rings is 1. The van der Waals surface area contributed by atoms with E-state index in [0.29, 0.717) is 37.8 Å². The van der Waals surface area contributed by atoms with Gasteiger partial charge in [-0.05, 0) is 24.6 Å². The van der Waals surface area contributed by atoms with Crippen LogP contribution in [0.3, 0.4) is 0 Å². The second kappa shape index (κ2) is 8.36. The summed E-state index contributed by atoms with van der Waals surface area (Å²) in [5, 5.41) is 0.535. The van der Waals surface area contributed by atoms with Crippen molar-refractivity contribution in [3.8, 4) is 0 Å². The van der Waals surface area contributed by atoms with Gasteiger partial charge in [-0.3, -0.25) is 4.79 Å². The standard InChI is InChI=1S/C17H26N2O3S2/c1-4-24(21,22)19-11-9-18(10-12-19)17(20)13-15-5-7-16(8-6-15)23-14(2)3/h5-8,14H,4,9-13H2,1-3H3. The molecule has 7 heteroatoms. The number of hydrogen-bond acceptors (Lipinski definition) is 4. The lowest BCUT2D eigenvalue weighted by Crippen LogP contribution is -2.51. The fourth-order valence-electron chi connectivity index (χ4n) is 2.64. The molecule has 0 N–H and O–H groups in total. The molecule has 0 unspecified atom stereocenters. The molecule has 5 nitrogen and oxygen atoms in total. The number of amides is 1. The van der Waals surface area contributed by atoms with Crippen LogP contribution in [0.15, 0.2) is 29.2 Å². The number of rotatable bonds is 6. The molecule has 1 fully saturated rings. The summed E-state index contributed by atoms with van der Waals surface area (Å²) in [6.45, 7) is 7.69. The van der Waals surface area contributed by atoms with Crippen molar-refractivity contribution in [2.45, 2.75) is 37.3 Å². The molecule has 1 aromatic carbocycles. The molecule has 1 aliphatic rings. The quantitative estimate of drug-likeness (QED) is 0.721. The van der Waals surface area contributed by atoms with E-state index in [9.17, 15) is 13.2 Å². The van der Waals surface area contributed by atoms with Crippen molar-refractivity contribution in [2.75, 3.05) is 31.9 Å². The van der Waals surface area contributed by atoms with Gasteiger partial charge >= 0.3 is 0 Å². The van der Waals surface area contributed by atoms with E-state index in [-0.39, 0.29) is 11.7 Å². The van der Waals surface area contributed by atoms with Crippen molar-refractivity contribution in [1.82, 2.24) is 9.21 Å². The highest BCUT2D eigenvalue weighted by Crippen LogP contribution is 2.23. The molecular formula is C17H26N2O3S2. The van der Waals surface area contributed by atoms with Crippen molar-refractivity contribution >= 4 is 27.7 Å². The third kappa shape index (κ3) is 5.22. The van der Waals surface area contributed by atoms with Gasteiger partial charge in [-0.2, -0.15) is 4.31 Å². The minimum atomic E-state index is -3.15. The summed E-state index contributed by atoms with van der Waals surface area (Å²) in [5.74, 6) is 0.176. The summed E-state index contributed by atoms with van der Waals surface area (Å²) in [7, 11) is -3.15. The Bertz CT molecular complexity index is 649. The number of thioether (sulfide) groups is 1. The van der Waals surface area contributed by atoms with Crippen LogP contribution in [0.5, 0.6) is 0 Å². The van der Waals surface area contributed by atoms with Gasteiger partial charge < -0.3 is 4.90 Å². The Morgan fingerprint density at radius 3 is 2.21 bits per heavy atom. The lowest BCUT2D eigenvalue weighted by atomic mass is 10.1. The molecule has 1 amide bonds. The van der Waals surface area contributed by atoms with Crippen LogP contribution < -0.4 is 0 Å². The van der Waals surface area contributed by atoms with Gasteiger partial charge in [0.2, 0.25) is 15.9 Å². The van der Waals surface area contributed by atoms with E-state index in [0.717, 1.165) is 5.56 Å². The monoisotopic (exact) mass is 370 g/mol. The van der Waals surface area contributed by atoms with Crippen LogP contribution in [-0.4, -0.2) is 60.7 Å². The molecule has 2 rings (SSSR count). The minimum absolute atomic E-state index is 0.0628. The zero-order chi connectivity index (χ0) is 17.7. The molecule has 0 radical (unpaired) electrons. The van der Waals surface area contributed by atoms with Crippen molar-refractivity contribution in [3.05, 3.63) is 29.8 Å². The van der Waals surface area contributed by atoms with E-state index in [2.05, 4.69) is 26.0 Å². The molecule has 1 aliphatic heterocycles. The molecular weight excluding hydrogens is 344 g/mol. The average Bonchev–Trinajstić information content (AvgIpc) is 2.56. The van der Waals surface area contributed by atoms with E-state index >= 15 is 0 Å². The molecule has 1 heterocycles. The van der Waals surface area contributed by atoms with E-state index in [1.165, 1.54) is 9.20 Å². The number of nitrogens with zero attached hydrogens (tertiary/aromatic N) is 2. The van der Waals surface area contributed by atoms with E-state index in [1.54, 1.807) is 23.6 Å². The third-order valence-corrected chi connectivity index (χ3v) is 6.90. The number of benzene rings is 1. The Hall–Kier alpha value is -1.05. The molecule has 0 aliphatic carbocycles. The molecule has 134 valence electrons. The molecule has 24 heavy (non-hydrogen) atoms. The number of sulfonamides is 1. The summed E-state index contributed by atoms with van der Waals surface area (Å²) in [6, 6.07) is 8.11. The van der Waals surface area contributed by atoms with Crippen molar-refractivity contribution in [1.29, 1.82) is 0 Å². The highest BCUT2D eigenvalue weighted by atomic mass is 32.2. The van der Waals surface area contributed by atoms with Gasteiger partial charge in [0.15, 0.2) is 0 Å². The summed E-state index contributed by atoms with van der Waals surface area (Å²) < 4.78 is 25.2. The predicted octanol–water partition coefficient (Wildman–Crippen LogP) is 2.22. The topological polar surface area (TPSA) is 57.7 Å². The van der Waals surface area contributed by atoms with Gasteiger partial charge in [-0.25, -0.2) is 8.42 Å². The molecule has 0 saturated carbocycles. The van der Waals surface area contributed by atoms with Gasteiger partial charge in [-0.1, -0.05) is 26.0 Å². The zero-order valence-electron chi connectivity index (χ0n) is 14.6. The summed E-state index contributed by atoms with van der Waals surface area (Å²) in [6.07, 6.45) is 0.368. The Labute approximate surface area is 149 Å². The second-order valence-corrected chi connectivity index (χ2v) is 10.1. The predicted molar refractivity (Wildman–Crippen MR) is 98.8 cm³/mol. The number of hydrogen-bond donors (Lipinski definition) is 0. The smallest absolute Gasteiger partial charge is 0.227 e. The van der Waals surface area contributed by atoms with Crippen LogP contribution in [-0.2, 0) is 21.2 Å². The number of carbonyl (C=O) groups is 1. The maximum absolute atomic E-state index is 12.4. The number of carbonyl (C=O) groups excluding carboxylic acids is 1. The minimum Gasteiger partial charge on any atom is -0.340 e. The van der Waals surface area contributed by atoms with Gasteiger partial charge in [0, 0.05) is 36.3 Å². The highest BCUT2D eigenvalue weighted by molar-refractivity contribution is 7.99. The fraction of sp³-hybridized carbons (Fsp3) is 0.588. The normalized spacial score (nSPS) is 16.6. The Balaban J connectivity index is 1.87.